The molecule has 0 saturated heterocycles. The van der Waals surface area contributed by atoms with Crippen molar-refractivity contribution >= 4 is 23.5 Å². The van der Waals surface area contributed by atoms with Gasteiger partial charge in [0.05, 0.1) is 17.7 Å². The van der Waals surface area contributed by atoms with Crippen LogP contribution in [0.15, 0.2) is 36.4 Å². The molecule has 4 nitrogen and oxygen atoms in total. The zero-order valence-corrected chi connectivity index (χ0v) is 12.4. The van der Waals surface area contributed by atoms with E-state index in [1.54, 1.807) is 6.92 Å². The molecule has 6 heteroatoms. The Morgan fingerprint density at radius 1 is 1.23 bits per heavy atom. The fraction of sp³-hybridized carbons (Fsp3) is 0.125. The van der Waals surface area contributed by atoms with Crippen LogP contribution in [-0.2, 0) is 4.74 Å². The maximum absolute atomic E-state index is 14.2. The summed E-state index contributed by atoms with van der Waals surface area (Å²) in [4.78, 5) is 23.4. The van der Waals surface area contributed by atoms with Crippen molar-refractivity contribution in [3.8, 4) is 11.1 Å². The summed E-state index contributed by atoms with van der Waals surface area (Å²) in [6.45, 7) is 1.75. The van der Waals surface area contributed by atoms with E-state index in [2.05, 4.69) is 0 Å². The highest BCUT2D eigenvalue weighted by molar-refractivity contribution is 6.30. The van der Waals surface area contributed by atoms with Gasteiger partial charge in [0.25, 0.3) is 0 Å². The first-order chi connectivity index (χ1) is 10.5. The van der Waals surface area contributed by atoms with Crippen molar-refractivity contribution in [2.24, 2.45) is 0 Å². The Balaban J connectivity index is 2.75. The van der Waals surface area contributed by atoms with Crippen molar-refractivity contribution in [1.82, 2.24) is 0 Å². The fourth-order valence-corrected chi connectivity index (χ4v) is 2.25. The average Bonchev–Trinajstić information content (AvgIpc) is 2.47. The first-order valence-corrected chi connectivity index (χ1v) is 6.82. The van der Waals surface area contributed by atoms with Gasteiger partial charge in [-0.3, -0.25) is 0 Å². The lowest BCUT2D eigenvalue weighted by Crippen LogP contribution is -2.11. The first-order valence-electron chi connectivity index (χ1n) is 6.44. The normalized spacial score (nSPS) is 10.3. The van der Waals surface area contributed by atoms with Crippen LogP contribution >= 0.6 is 11.6 Å². The van der Waals surface area contributed by atoms with Crippen molar-refractivity contribution in [3.05, 3.63) is 58.4 Å². The molecule has 2 rings (SSSR count). The summed E-state index contributed by atoms with van der Waals surface area (Å²) in [6, 6.07) is 7.93. The Morgan fingerprint density at radius 3 is 2.50 bits per heavy atom. The number of benzene rings is 2. The number of carbonyl (C=O) groups excluding carboxylic acids is 1. The molecule has 1 N–H and O–H groups in total. The average molecular weight is 323 g/mol. The van der Waals surface area contributed by atoms with Gasteiger partial charge in [0, 0.05) is 16.1 Å². The molecule has 0 saturated carbocycles. The third kappa shape index (κ3) is 3.09. The second-order valence-corrected chi connectivity index (χ2v) is 4.81. The Kier molecular flexibility index (Phi) is 4.78. The number of hydrogen-bond donors (Lipinski definition) is 1. The molecule has 0 fully saturated rings. The van der Waals surface area contributed by atoms with Crippen molar-refractivity contribution in [1.29, 1.82) is 0 Å². The number of carbonyl (C=O) groups is 2. The Labute approximate surface area is 131 Å². The van der Waals surface area contributed by atoms with E-state index in [4.69, 9.17) is 16.3 Å². The summed E-state index contributed by atoms with van der Waals surface area (Å²) in [5, 5.41) is 9.48. The van der Waals surface area contributed by atoms with E-state index in [1.165, 1.54) is 30.3 Å². The number of carboxylic acid groups (broad SMARTS) is 1. The number of hydrogen-bond acceptors (Lipinski definition) is 3. The number of rotatable bonds is 4. The fourth-order valence-electron chi connectivity index (χ4n) is 2.09. The van der Waals surface area contributed by atoms with Crippen LogP contribution in [-0.4, -0.2) is 23.7 Å². The molecule has 0 atom stereocenters. The molecule has 2 aromatic rings. The van der Waals surface area contributed by atoms with Gasteiger partial charge in [-0.15, -0.1) is 0 Å². The molecule has 0 bridgehead atoms. The van der Waals surface area contributed by atoms with Crippen molar-refractivity contribution in [2.75, 3.05) is 6.61 Å². The molecule has 2 aromatic carbocycles. The molecule has 0 radical (unpaired) electrons. The topological polar surface area (TPSA) is 63.6 Å². The minimum Gasteiger partial charge on any atom is -0.478 e. The summed E-state index contributed by atoms with van der Waals surface area (Å²) >= 11 is 5.71. The molecular formula is C16H12ClFO4. The van der Waals surface area contributed by atoms with Crippen LogP contribution in [0.2, 0.25) is 5.02 Å². The SMILES string of the molecule is CCOC(=O)c1cccc(C(=O)O)c1-c1ccc(Cl)cc1F. The van der Waals surface area contributed by atoms with E-state index < -0.39 is 17.8 Å². The lowest BCUT2D eigenvalue weighted by molar-refractivity contribution is 0.0527. The van der Waals surface area contributed by atoms with Gasteiger partial charge in [0.2, 0.25) is 0 Å². The van der Waals surface area contributed by atoms with E-state index >= 15 is 0 Å². The summed E-state index contributed by atoms with van der Waals surface area (Å²) in [5.41, 5.74) is -0.247. The van der Waals surface area contributed by atoms with Gasteiger partial charge in [0.1, 0.15) is 5.82 Å². The van der Waals surface area contributed by atoms with E-state index in [9.17, 15) is 19.1 Å². The largest absolute Gasteiger partial charge is 0.478 e. The monoisotopic (exact) mass is 322 g/mol. The van der Waals surface area contributed by atoms with E-state index in [-0.39, 0.29) is 33.9 Å². The number of aromatic carboxylic acids is 1. The van der Waals surface area contributed by atoms with Crippen molar-refractivity contribution in [3.63, 3.8) is 0 Å². The van der Waals surface area contributed by atoms with Crippen LogP contribution in [0.1, 0.15) is 27.6 Å². The zero-order valence-electron chi connectivity index (χ0n) is 11.6. The molecule has 0 amide bonds. The Bertz CT molecular complexity index is 743. The van der Waals surface area contributed by atoms with Gasteiger partial charge in [-0.05, 0) is 37.3 Å². The predicted octanol–water partition coefficient (Wildman–Crippen LogP) is 4.02. The number of halogens is 2. The van der Waals surface area contributed by atoms with Crippen LogP contribution in [0.3, 0.4) is 0 Å². The summed E-state index contributed by atoms with van der Waals surface area (Å²) in [6.07, 6.45) is 0. The summed E-state index contributed by atoms with van der Waals surface area (Å²) in [7, 11) is 0. The third-order valence-electron chi connectivity index (χ3n) is 2.99. The predicted molar refractivity (Wildman–Crippen MR) is 79.8 cm³/mol. The van der Waals surface area contributed by atoms with E-state index in [0.717, 1.165) is 6.07 Å². The van der Waals surface area contributed by atoms with Crippen LogP contribution in [0.5, 0.6) is 0 Å². The second-order valence-electron chi connectivity index (χ2n) is 4.38. The van der Waals surface area contributed by atoms with Crippen LogP contribution in [0, 0.1) is 5.82 Å². The maximum Gasteiger partial charge on any atom is 0.338 e. The maximum atomic E-state index is 14.2. The van der Waals surface area contributed by atoms with Gasteiger partial charge >= 0.3 is 11.9 Å². The van der Waals surface area contributed by atoms with E-state index in [1.807, 2.05) is 0 Å². The highest BCUT2D eigenvalue weighted by Crippen LogP contribution is 2.32. The van der Waals surface area contributed by atoms with Crippen LogP contribution in [0.25, 0.3) is 11.1 Å². The molecule has 0 aliphatic rings. The van der Waals surface area contributed by atoms with Crippen LogP contribution < -0.4 is 0 Å². The molecule has 0 heterocycles. The molecule has 0 aliphatic heterocycles. The first kappa shape index (κ1) is 16.0. The van der Waals surface area contributed by atoms with Gasteiger partial charge < -0.3 is 9.84 Å². The lowest BCUT2D eigenvalue weighted by atomic mass is 9.94. The van der Waals surface area contributed by atoms with Gasteiger partial charge in [0.15, 0.2) is 0 Å². The highest BCUT2D eigenvalue weighted by atomic mass is 35.5. The van der Waals surface area contributed by atoms with Crippen LogP contribution in [0.4, 0.5) is 4.39 Å². The number of carboxylic acids is 1. The zero-order chi connectivity index (χ0) is 16.3. The minimum atomic E-state index is -1.27. The quantitative estimate of drug-likeness (QED) is 0.863. The number of esters is 1. The Morgan fingerprint density at radius 2 is 1.91 bits per heavy atom. The summed E-state index contributed by atoms with van der Waals surface area (Å²) < 4.78 is 19.1. The molecule has 0 aromatic heterocycles. The van der Waals surface area contributed by atoms with Crippen molar-refractivity contribution in [2.45, 2.75) is 6.92 Å². The van der Waals surface area contributed by atoms with Gasteiger partial charge in [-0.2, -0.15) is 0 Å². The molecule has 0 unspecified atom stereocenters. The summed E-state index contributed by atoms with van der Waals surface area (Å²) in [5.74, 6) is -2.70. The highest BCUT2D eigenvalue weighted by Gasteiger charge is 2.23. The molecule has 0 spiro atoms. The molecule has 22 heavy (non-hydrogen) atoms. The lowest BCUT2D eigenvalue weighted by Gasteiger charge is -2.13. The standard InChI is InChI=1S/C16H12ClFO4/c1-2-22-16(21)12-5-3-4-11(15(19)20)14(12)10-7-6-9(17)8-13(10)18/h3-8H,2H2,1H3,(H,19,20). The number of ether oxygens (including phenoxy) is 1. The van der Waals surface area contributed by atoms with Crippen molar-refractivity contribution < 1.29 is 23.8 Å². The minimum absolute atomic E-state index is 0.0111. The van der Waals surface area contributed by atoms with E-state index in [0.29, 0.717) is 0 Å². The third-order valence-corrected chi connectivity index (χ3v) is 3.23. The molecule has 0 aliphatic carbocycles. The smallest absolute Gasteiger partial charge is 0.338 e. The molecule has 114 valence electrons. The van der Waals surface area contributed by atoms with Gasteiger partial charge in [-0.1, -0.05) is 17.7 Å². The van der Waals surface area contributed by atoms with Gasteiger partial charge in [-0.25, -0.2) is 14.0 Å². The Hall–Kier alpha value is -2.40. The second kappa shape index (κ2) is 6.58. The molecular weight excluding hydrogens is 311 g/mol.